The quantitative estimate of drug-likeness (QED) is 0.752. The van der Waals surface area contributed by atoms with Gasteiger partial charge in [0.25, 0.3) is 0 Å². The van der Waals surface area contributed by atoms with Crippen LogP contribution in [0.5, 0.6) is 0 Å². The van der Waals surface area contributed by atoms with Crippen LogP contribution in [0.4, 0.5) is 0 Å². The number of halogens is 1. The molecule has 0 bridgehead atoms. The van der Waals surface area contributed by atoms with Crippen molar-refractivity contribution in [3.8, 4) is 0 Å². The summed E-state index contributed by atoms with van der Waals surface area (Å²) >= 11 is 6.03. The van der Waals surface area contributed by atoms with E-state index in [4.69, 9.17) is 11.6 Å². The van der Waals surface area contributed by atoms with Crippen LogP contribution in [-0.4, -0.2) is 13.1 Å². The maximum atomic E-state index is 6.03. The van der Waals surface area contributed by atoms with E-state index in [9.17, 15) is 0 Å². The maximum Gasteiger partial charge on any atom is 0.0441 e. The summed E-state index contributed by atoms with van der Waals surface area (Å²) in [6, 6.07) is 6.14. The van der Waals surface area contributed by atoms with Gasteiger partial charge in [-0.25, -0.2) is 0 Å². The molecule has 1 N–H and O–H groups in total. The molecule has 0 saturated heterocycles. The molecule has 1 nitrogen and oxygen atoms in total. The van der Waals surface area contributed by atoms with Crippen molar-refractivity contribution in [3.63, 3.8) is 0 Å². The van der Waals surface area contributed by atoms with E-state index in [1.54, 1.807) is 0 Å². The summed E-state index contributed by atoms with van der Waals surface area (Å²) in [6.45, 7) is 6.20. The standard InChI is InChI=1S/C13H18ClN/c1-3-15-9-5-4-6-12-8-7-11(2)13(14)10-12/h4,6-8,10,15H,3,5,9H2,1-2H3/b6-4+. The van der Waals surface area contributed by atoms with Crippen molar-refractivity contribution in [1.82, 2.24) is 5.32 Å². The van der Waals surface area contributed by atoms with Crippen LogP contribution in [0.1, 0.15) is 24.5 Å². The molecule has 0 amide bonds. The Balaban J connectivity index is 2.46. The van der Waals surface area contributed by atoms with E-state index < -0.39 is 0 Å². The average molecular weight is 224 g/mol. The summed E-state index contributed by atoms with van der Waals surface area (Å²) < 4.78 is 0. The first-order chi connectivity index (χ1) is 7.24. The number of rotatable bonds is 5. The smallest absolute Gasteiger partial charge is 0.0441 e. The SMILES string of the molecule is CCNCC/C=C/c1ccc(C)c(Cl)c1. The van der Waals surface area contributed by atoms with Crippen LogP contribution in [0.2, 0.25) is 5.02 Å². The predicted molar refractivity (Wildman–Crippen MR) is 68.4 cm³/mol. The minimum atomic E-state index is 0.837. The molecule has 15 heavy (non-hydrogen) atoms. The Kier molecular flexibility index (Phi) is 5.44. The van der Waals surface area contributed by atoms with Gasteiger partial charge in [0, 0.05) is 5.02 Å². The molecule has 0 heterocycles. The van der Waals surface area contributed by atoms with E-state index >= 15 is 0 Å². The minimum absolute atomic E-state index is 0.837. The van der Waals surface area contributed by atoms with Crippen LogP contribution >= 0.6 is 11.6 Å². The lowest BCUT2D eigenvalue weighted by atomic mass is 10.1. The normalized spacial score (nSPS) is 11.1. The van der Waals surface area contributed by atoms with Gasteiger partial charge < -0.3 is 5.32 Å². The number of hydrogen-bond donors (Lipinski definition) is 1. The van der Waals surface area contributed by atoms with Crippen molar-refractivity contribution in [2.45, 2.75) is 20.3 Å². The number of nitrogens with one attached hydrogen (secondary N) is 1. The number of benzene rings is 1. The summed E-state index contributed by atoms with van der Waals surface area (Å²) in [7, 11) is 0. The maximum absolute atomic E-state index is 6.03. The number of hydrogen-bond acceptors (Lipinski definition) is 1. The van der Waals surface area contributed by atoms with Gasteiger partial charge in [-0.05, 0) is 43.6 Å². The Morgan fingerprint density at radius 1 is 1.40 bits per heavy atom. The third-order valence-corrected chi connectivity index (χ3v) is 2.65. The molecule has 82 valence electrons. The predicted octanol–water partition coefficient (Wildman–Crippen LogP) is 3.66. The molecular formula is C13H18ClN. The van der Waals surface area contributed by atoms with Crippen LogP contribution in [0.3, 0.4) is 0 Å². The third-order valence-electron chi connectivity index (χ3n) is 2.24. The van der Waals surface area contributed by atoms with Gasteiger partial charge in [0.05, 0.1) is 0 Å². The van der Waals surface area contributed by atoms with Crippen LogP contribution in [0, 0.1) is 6.92 Å². The lowest BCUT2D eigenvalue weighted by Crippen LogP contribution is -2.12. The molecule has 1 rings (SSSR count). The van der Waals surface area contributed by atoms with Gasteiger partial charge in [0.2, 0.25) is 0 Å². The molecule has 1 aromatic rings. The van der Waals surface area contributed by atoms with Crippen LogP contribution < -0.4 is 5.32 Å². The van der Waals surface area contributed by atoms with E-state index in [1.165, 1.54) is 5.56 Å². The van der Waals surface area contributed by atoms with E-state index in [1.807, 2.05) is 19.1 Å². The second-order valence-electron chi connectivity index (χ2n) is 3.55. The Morgan fingerprint density at radius 3 is 2.87 bits per heavy atom. The highest BCUT2D eigenvalue weighted by Crippen LogP contribution is 2.17. The van der Waals surface area contributed by atoms with E-state index in [0.29, 0.717) is 0 Å². The molecular weight excluding hydrogens is 206 g/mol. The summed E-state index contributed by atoms with van der Waals surface area (Å²) in [5, 5.41) is 4.11. The van der Waals surface area contributed by atoms with Crippen LogP contribution in [0.15, 0.2) is 24.3 Å². The van der Waals surface area contributed by atoms with Gasteiger partial charge in [-0.15, -0.1) is 0 Å². The minimum Gasteiger partial charge on any atom is -0.317 e. The van der Waals surface area contributed by atoms with Gasteiger partial charge >= 0.3 is 0 Å². The van der Waals surface area contributed by atoms with Crippen molar-refractivity contribution in [3.05, 3.63) is 40.4 Å². The fraction of sp³-hybridized carbons (Fsp3) is 0.385. The fourth-order valence-corrected chi connectivity index (χ4v) is 1.48. The third kappa shape index (κ3) is 4.50. The molecule has 0 spiro atoms. The summed E-state index contributed by atoms with van der Waals surface area (Å²) in [6.07, 6.45) is 5.34. The Morgan fingerprint density at radius 2 is 2.20 bits per heavy atom. The lowest BCUT2D eigenvalue weighted by Gasteiger charge is -1.99. The van der Waals surface area contributed by atoms with Gasteiger partial charge in [0.1, 0.15) is 0 Å². The summed E-state index contributed by atoms with van der Waals surface area (Å²) in [4.78, 5) is 0. The fourth-order valence-electron chi connectivity index (χ4n) is 1.29. The Hall–Kier alpha value is -0.790. The molecule has 0 aliphatic heterocycles. The molecule has 0 radical (unpaired) electrons. The Bertz CT molecular complexity index is 331. The molecule has 0 saturated carbocycles. The summed E-state index contributed by atoms with van der Waals surface area (Å²) in [5.41, 5.74) is 2.29. The molecule has 0 aliphatic rings. The molecule has 1 aromatic carbocycles. The lowest BCUT2D eigenvalue weighted by molar-refractivity contribution is 0.727. The average Bonchev–Trinajstić information content (AvgIpc) is 2.23. The first kappa shape index (κ1) is 12.3. The highest BCUT2D eigenvalue weighted by atomic mass is 35.5. The van der Waals surface area contributed by atoms with E-state index in [2.05, 4.69) is 30.5 Å². The molecule has 0 unspecified atom stereocenters. The highest BCUT2D eigenvalue weighted by molar-refractivity contribution is 6.31. The van der Waals surface area contributed by atoms with Crippen LogP contribution in [0.25, 0.3) is 6.08 Å². The van der Waals surface area contributed by atoms with Crippen LogP contribution in [-0.2, 0) is 0 Å². The molecule has 2 heteroatoms. The first-order valence-electron chi connectivity index (χ1n) is 5.37. The van der Waals surface area contributed by atoms with E-state index in [-0.39, 0.29) is 0 Å². The molecule has 0 fully saturated rings. The van der Waals surface area contributed by atoms with Gasteiger partial charge in [-0.1, -0.05) is 42.8 Å². The van der Waals surface area contributed by atoms with Crippen molar-refractivity contribution in [1.29, 1.82) is 0 Å². The second kappa shape index (κ2) is 6.65. The van der Waals surface area contributed by atoms with E-state index in [0.717, 1.165) is 30.1 Å². The van der Waals surface area contributed by atoms with Crippen molar-refractivity contribution < 1.29 is 0 Å². The largest absolute Gasteiger partial charge is 0.317 e. The Labute approximate surface area is 97.1 Å². The van der Waals surface area contributed by atoms with Gasteiger partial charge in [0.15, 0.2) is 0 Å². The first-order valence-corrected chi connectivity index (χ1v) is 5.75. The highest BCUT2D eigenvalue weighted by Gasteiger charge is 1.94. The van der Waals surface area contributed by atoms with Gasteiger partial charge in [-0.2, -0.15) is 0 Å². The molecule has 0 aromatic heterocycles. The zero-order valence-electron chi connectivity index (χ0n) is 9.39. The topological polar surface area (TPSA) is 12.0 Å². The zero-order valence-corrected chi connectivity index (χ0v) is 10.1. The molecule has 0 aliphatic carbocycles. The zero-order chi connectivity index (χ0) is 11.1. The monoisotopic (exact) mass is 223 g/mol. The molecule has 0 atom stereocenters. The van der Waals surface area contributed by atoms with Crippen molar-refractivity contribution in [2.24, 2.45) is 0 Å². The summed E-state index contributed by atoms with van der Waals surface area (Å²) in [5.74, 6) is 0. The number of aryl methyl sites for hydroxylation is 1. The van der Waals surface area contributed by atoms with Crippen molar-refractivity contribution >= 4 is 17.7 Å². The van der Waals surface area contributed by atoms with Crippen molar-refractivity contribution in [2.75, 3.05) is 13.1 Å². The van der Waals surface area contributed by atoms with Gasteiger partial charge in [-0.3, -0.25) is 0 Å². The second-order valence-corrected chi connectivity index (χ2v) is 3.96.